The van der Waals surface area contributed by atoms with E-state index in [9.17, 15) is 18.8 Å². The number of likely N-dealkylation sites (tertiary alicyclic amines) is 1. The maximum absolute atomic E-state index is 13.7. The zero-order valence-electron chi connectivity index (χ0n) is 15.6. The first-order valence-corrected chi connectivity index (χ1v) is 9.26. The van der Waals surface area contributed by atoms with Gasteiger partial charge in [0.2, 0.25) is 5.91 Å². The Kier molecular flexibility index (Phi) is 6.03. The molecule has 0 radical (unpaired) electrons. The van der Waals surface area contributed by atoms with Crippen molar-refractivity contribution >= 4 is 23.4 Å². The average Bonchev–Trinajstić information content (AvgIpc) is 3.18. The molecule has 2 aromatic carbocycles. The minimum Gasteiger partial charge on any atom is -0.355 e. The molecule has 1 unspecified atom stereocenters. The van der Waals surface area contributed by atoms with Crippen LogP contribution in [0, 0.1) is 5.82 Å². The molecule has 28 heavy (non-hydrogen) atoms. The second kappa shape index (κ2) is 8.65. The molecule has 7 heteroatoms. The van der Waals surface area contributed by atoms with Crippen LogP contribution < -0.4 is 10.6 Å². The number of rotatable bonds is 5. The fourth-order valence-electron chi connectivity index (χ4n) is 3.28. The van der Waals surface area contributed by atoms with Gasteiger partial charge in [-0.2, -0.15) is 0 Å². The SMILES string of the molecule is CCNC(=O)C1CCCN1C(=O)c1ccc(NC(=O)c2ccccc2F)cc1. The van der Waals surface area contributed by atoms with Crippen LogP contribution in [0.1, 0.15) is 40.5 Å². The molecule has 1 aliphatic rings. The fraction of sp³-hybridized carbons (Fsp3) is 0.286. The highest BCUT2D eigenvalue weighted by molar-refractivity contribution is 6.05. The van der Waals surface area contributed by atoms with Crippen molar-refractivity contribution in [1.29, 1.82) is 0 Å². The second-order valence-electron chi connectivity index (χ2n) is 6.56. The van der Waals surface area contributed by atoms with Crippen molar-refractivity contribution in [3.63, 3.8) is 0 Å². The van der Waals surface area contributed by atoms with E-state index in [0.717, 1.165) is 6.42 Å². The molecular formula is C21H22FN3O3. The van der Waals surface area contributed by atoms with E-state index in [4.69, 9.17) is 0 Å². The molecule has 146 valence electrons. The molecule has 3 rings (SSSR count). The second-order valence-corrected chi connectivity index (χ2v) is 6.56. The molecule has 0 aromatic heterocycles. The Morgan fingerprint density at radius 2 is 1.82 bits per heavy atom. The van der Waals surface area contributed by atoms with Crippen LogP contribution in [-0.4, -0.2) is 41.8 Å². The molecule has 1 saturated heterocycles. The normalized spacial score (nSPS) is 15.9. The Bertz CT molecular complexity index is 883. The molecule has 1 atom stereocenters. The highest BCUT2D eigenvalue weighted by atomic mass is 19.1. The summed E-state index contributed by atoms with van der Waals surface area (Å²) in [5, 5.41) is 5.37. The van der Waals surface area contributed by atoms with Crippen LogP contribution >= 0.6 is 0 Å². The number of carbonyl (C=O) groups excluding carboxylic acids is 3. The molecule has 1 fully saturated rings. The maximum atomic E-state index is 13.7. The maximum Gasteiger partial charge on any atom is 0.258 e. The standard InChI is InChI=1S/C21H22FN3O3/c1-2-23-20(27)18-8-5-13-25(18)21(28)14-9-11-15(12-10-14)24-19(26)16-6-3-4-7-17(16)22/h3-4,6-7,9-12,18H,2,5,8,13H2,1H3,(H,23,27)(H,24,26). The molecule has 1 heterocycles. The highest BCUT2D eigenvalue weighted by Gasteiger charge is 2.34. The van der Waals surface area contributed by atoms with Gasteiger partial charge in [-0.1, -0.05) is 12.1 Å². The Balaban J connectivity index is 1.68. The Labute approximate surface area is 162 Å². The molecule has 2 aromatic rings. The van der Waals surface area contributed by atoms with Crippen molar-refractivity contribution in [2.45, 2.75) is 25.8 Å². The number of amides is 3. The van der Waals surface area contributed by atoms with Crippen LogP contribution in [0.3, 0.4) is 0 Å². The number of nitrogens with one attached hydrogen (secondary N) is 2. The van der Waals surface area contributed by atoms with Gasteiger partial charge in [0, 0.05) is 24.3 Å². The van der Waals surface area contributed by atoms with E-state index in [-0.39, 0.29) is 17.4 Å². The highest BCUT2D eigenvalue weighted by Crippen LogP contribution is 2.21. The van der Waals surface area contributed by atoms with Crippen LogP contribution in [0.15, 0.2) is 48.5 Å². The molecule has 0 saturated carbocycles. The van der Waals surface area contributed by atoms with Crippen molar-refractivity contribution in [2.75, 3.05) is 18.4 Å². The third kappa shape index (κ3) is 4.19. The van der Waals surface area contributed by atoms with Gasteiger partial charge in [0.1, 0.15) is 11.9 Å². The number of hydrogen-bond acceptors (Lipinski definition) is 3. The van der Waals surface area contributed by atoms with Gasteiger partial charge >= 0.3 is 0 Å². The summed E-state index contributed by atoms with van der Waals surface area (Å²) in [5.74, 6) is -1.52. The van der Waals surface area contributed by atoms with E-state index in [0.29, 0.717) is 30.8 Å². The predicted molar refractivity (Wildman–Crippen MR) is 104 cm³/mol. The summed E-state index contributed by atoms with van der Waals surface area (Å²) < 4.78 is 13.7. The third-order valence-electron chi connectivity index (χ3n) is 4.68. The molecule has 0 bridgehead atoms. The van der Waals surface area contributed by atoms with Crippen LogP contribution in [0.2, 0.25) is 0 Å². The van der Waals surface area contributed by atoms with Crippen LogP contribution in [0.5, 0.6) is 0 Å². The van der Waals surface area contributed by atoms with E-state index >= 15 is 0 Å². The van der Waals surface area contributed by atoms with Gasteiger partial charge < -0.3 is 15.5 Å². The summed E-state index contributed by atoms with van der Waals surface area (Å²) >= 11 is 0. The van der Waals surface area contributed by atoms with Crippen molar-refractivity contribution in [3.05, 3.63) is 65.5 Å². The summed E-state index contributed by atoms with van der Waals surface area (Å²) in [6.45, 7) is 2.90. The molecule has 0 spiro atoms. The Morgan fingerprint density at radius 3 is 2.50 bits per heavy atom. The van der Waals surface area contributed by atoms with Gasteiger partial charge in [0.05, 0.1) is 5.56 Å². The number of carbonyl (C=O) groups is 3. The minimum atomic E-state index is -0.600. The molecule has 3 amide bonds. The summed E-state index contributed by atoms with van der Waals surface area (Å²) in [7, 11) is 0. The van der Waals surface area contributed by atoms with Crippen LogP contribution in [0.25, 0.3) is 0 Å². The zero-order chi connectivity index (χ0) is 20.1. The quantitative estimate of drug-likeness (QED) is 0.833. The lowest BCUT2D eigenvalue weighted by Crippen LogP contribution is -2.45. The molecule has 1 aliphatic heterocycles. The lowest BCUT2D eigenvalue weighted by atomic mass is 10.1. The topological polar surface area (TPSA) is 78.5 Å². The van der Waals surface area contributed by atoms with Gasteiger partial charge in [0.25, 0.3) is 11.8 Å². The molecule has 0 aliphatic carbocycles. The van der Waals surface area contributed by atoms with Gasteiger partial charge in [-0.15, -0.1) is 0 Å². The molecule has 2 N–H and O–H groups in total. The van der Waals surface area contributed by atoms with Gasteiger partial charge in [0.15, 0.2) is 0 Å². The number of anilines is 1. The number of nitrogens with zero attached hydrogens (tertiary/aromatic N) is 1. The van der Waals surface area contributed by atoms with Crippen molar-refractivity contribution < 1.29 is 18.8 Å². The lowest BCUT2D eigenvalue weighted by Gasteiger charge is -2.24. The number of benzene rings is 2. The third-order valence-corrected chi connectivity index (χ3v) is 4.68. The number of halogens is 1. The first kappa shape index (κ1) is 19.5. The first-order chi connectivity index (χ1) is 13.5. The Hall–Kier alpha value is -3.22. The molecule has 6 nitrogen and oxygen atoms in total. The van der Waals surface area contributed by atoms with E-state index < -0.39 is 17.8 Å². The summed E-state index contributed by atoms with van der Waals surface area (Å²) in [4.78, 5) is 38.7. The predicted octanol–water partition coefficient (Wildman–Crippen LogP) is 2.82. The van der Waals surface area contributed by atoms with Gasteiger partial charge in [-0.05, 0) is 56.2 Å². The van der Waals surface area contributed by atoms with Crippen molar-refractivity contribution in [1.82, 2.24) is 10.2 Å². The van der Waals surface area contributed by atoms with Crippen molar-refractivity contribution in [2.24, 2.45) is 0 Å². The van der Waals surface area contributed by atoms with E-state index in [1.165, 1.54) is 18.2 Å². The average molecular weight is 383 g/mol. The van der Waals surface area contributed by atoms with E-state index in [2.05, 4.69) is 10.6 Å². The van der Waals surface area contributed by atoms with Crippen LogP contribution in [0.4, 0.5) is 10.1 Å². The van der Waals surface area contributed by atoms with Crippen LogP contribution in [-0.2, 0) is 4.79 Å². The van der Waals surface area contributed by atoms with Crippen molar-refractivity contribution in [3.8, 4) is 0 Å². The zero-order valence-corrected chi connectivity index (χ0v) is 15.6. The van der Waals surface area contributed by atoms with Gasteiger partial charge in [-0.3, -0.25) is 14.4 Å². The Morgan fingerprint density at radius 1 is 1.11 bits per heavy atom. The summed E-state index contributed by atoms with van der Waals surface area (Å²) in [6.07, 6.45) is 1.43. The number of hydrogen-bond donors (Lipinski definition) is 2. The molecular weight excluding hydrogens is 361 g/mol. The smallest absolute Gasteiger partial charge is 0.258 e. The van der Waals surface area contributed by atoms with E-state index in [1.807, 2.05) is 6.92 Å². The summed E-state index contributed by atoms with van der Waals surface area (Å²) in [6, 6.07) is 11.6. The number of likely N-dealkylation sites (N-methyl/N-ethyl adjacent to an activating group) is 1. The minimum absolute atomic E-state index is 0.0514. The monoisotopic (exact) mass is 383 g/mol. The fourth-order valence-corrected chi connectivity index (χ4v) is 3.28. The summed E-state index contributed by atoms with van der Waals surface area (Å²) in [5.41, 5.74) is 0.830. The van der Waals surface area contributed by atoms with Gasteiger partial charge in [-0.25, -0.2) is 4.39 Å². The lowest BCUT2D eigenvalue weighted by molar-refractivity contribution is -0.124. The van der Waals surface area contributed by atoms with E-state index in [1.54, 1.807) is 35.2 Å². The largest absolute Gasteiger partial charge is 0.355 e. The first-order valence-electron chi connectivity index (χ1n) is 9.26.